The van der Waals surface area contributed by atoms with Crippen molar-refractivity contribution in [1.29, 1.82) is 0 Å². The number of hydrogen-bond acceptors (Lipinski definition) is 2. The van der Waals surface area contributed by atoms with E-state index in [-0.39, 0.29) is 0 Å². The minimum atomic E-state index is -2.27. The van der Waals surface area contributed by atoms with Crippen molar-refractivity contribution in [1.82, 2.24) is 0 Å². The molecule has 0 heterocycles. The second kappa shape index (κ2) is 4.21. The average molecular weight is 234 g/mol. The third-order valence-corrected chi connectivity index (χ3v) is 1.87. The minimum absolute atomic E-state index is 0.465. The molecule has 0 saturated carbocycles. The first-order valence-electron chi connectivity index (χ1n) is 3.95. The standard InChI is InChI=1S/C9H5F3O4/c10-4-2-1-3(6(11)7(4)12)5(8(13)14)9(15)16/h1-2,5H,(H,13,14)(H,15,16). The molecule has 0 atom stereocenters. The van der Waals surface area contributed by atoms with E-state index in [2.05, 4.69) is 0 Å². The zero-order valence-electron chi connectivity index (χ0n) is 7.58. The number of halogens is 3. The molecule has 0 saturated heterocycles. The number of hydrogen-bond donors (Lipinski definition) is 2. The zero-order valence-corrected chi connectivity index (χ0v) is 7.58. The van der Waals surface area contributed by atoms with Gasteiger partial charge in [0.2, 0.25) is 0 Å². The predicted molar refractivity (Wildman–Crippen MR) is 44.3 cm³/mol. The molecule has 1 aromatic carbocycles. The van der Waals surface area contributed by atoms with E-state index in [1.54, 1.807) is 0 Å². The van der Waals surface area contributed by atoms with Crippen molar-refractivity contribution < 1.29 is 33.0 Å². The molecule has 0 fully saturated rings. The van der Waals surface area contributed by atoms with Gasteiger partial charge in [-0.25, -0.2) is 13.2 Å². The van der Waals surface area contributed by atoms with Crippen molar-refractivity contribution in [3.63, 3.8) is 0 Å². The summed E-state index contributed by atoms with van der Waals surface area (Å²) in [7, 11) is 0. The molecule has 86 valence electrons. The monoisotopic (exact) mass is 234 g/mol. The van der Waals surface area contributed by atoms with Crippen molar-refractivity contribution in [3.05, 3.63) is 35.1 Å². The summed E-state index contributed by atoms with van der Waals surface area (Å²) >= 11 is 0. The van der Waals surface area contributed by atoms with Crippen LogP contribution in [-0.2, 0) is 9.59 Å². The predicted octanol–water partition coefficient (Wildman–Crippen LogP) is 1.36. The number of benzene rings is 1. The van der Waals surface area contributed by atoms with Crippen molar-refractivity contribution in [3.8, 4) is 0 Å². The summed E-state index contributed by atoms with van der Waals surface area (Å²) in [5.74, 6) is -11.2. The van der Waals surface area contributed by atoms with Gasteiger partial charge in [0, 0.05) is 5.56 Å². The fourth-order valence-corrected chi connectivity index (χ4v) is 1.14. The third-order valence-electron chi connectivity index (χ3n) is 1.87. The quantitative estimate of drug-likeness (QED) is 0.611. The minimum Gasteiger partial charge on any atom is -0.480 e. The van der Waals surface area contributed by atoms with Gasteiger partial charge in [-0.1, -0.05) is 6.07 Å². The van der Waals surface area contributed by atoms with Crippen LogP contribution in [0.5, 0.6) is 0 Å². The fraction of sp³-hybridized carbons (Fsp3) is 0.111. The molecule has 4 nitrogen and oxygen atoms in total. The Hall–Kier alpha value is -2.05. The Morgan fingerprint density at radius 1 is 1.00 bits per heavy atom. The second-order valence-electron chi connectivity index (χ2n) is 2.87. The lowest BCUT2D eigenvalue weighted by Gasteiger charge is -2.09. The molecule has 1 aromatic rings. The van der Waals surface area contributed by atoms with Gasteiger partial charge in [-0.05, 0) is 6.07 Å². The topological polar surface area (TPSA) is 74.6 Å². The lowest BCUT2D eigenvalue weighted by molar-refractivity contribution is -0.150. The maximum Gasteiger partial charge on any atom is 0.322 e. The van der Waals surface area contributed by atoms with Crippen LogP contribution in [0.1, 0.15) is 11.5 Å². The first-order chi connectivity index (χ1) is 7.36. The lowest BCUT2D eigenvalue weighted by atomic mass is 9.98. The Balaban J connectivity index is 3.37. The summed E-state index contributed by atoms with van der Waals surface area (Å²) in [5.41, 5.74) is -0.932. The van der Waals surface area contributed by atoms with E-state index < -0.39 is 40.9 Å². The van der Waals surface area contributed by atoms with Gasteiger partial charge in [0.15, 0.2) is 23.4 Å². The van der Waals surface area contributed by atoms with Crippen molar-refractivity contribution in [2.24, 2.45) is 0 Å². The zero-order chi connectivity index (χ0) is 12.5. The molecule has 0 spiro atoms. The Morgan fingerprint density at radius 3 is 1.94 bits per heavy atom. The number of carboxylic acid groups (broad SMARTS) is 2. The van der Waals surface area contributed by atoms with Gasteiger partial charge in [0.25, 0.3) is 0 Å². The maximum atomic E-state index is 13.1. The normalized spacial score (nSPS) is 10.5. The molecule has 0 amide bonds. The Kier molecular flexibility index (Phi) is 3.17. The summed E-state index contributed by atoms with van der Waals surface area (Å²) in [4.78, 5) is 21.1. The van der Waals surface area contributed by atoms with Gasteiger partial charge >= 0.3 is 11.9 Å². The number of aliphatic carboxylic acids is 2. The molecule has 0 aromatic heterocycles. The maximum absolute atomic E-state index is 13.1. The van der Waals surface area contributed by atoms with Gasteiger partial charge in [0.1, 0.15) is 0 Å². The van der Waals surface area contributed by atoms with Crippen molar-refractivity contribution in [2.45, 2.75) is 5.92 Å². The number of rotatable bonds is 3. The SMILES string of the molecule is O=C(O)C(C(=O)O)c1ccc(F)c(F)c1F. The van der Waals surface area contributed by atoms with E-state index in [4.69, 9.17) is 10.2 Å². The fourth-order valence-electron chi connectivity index (χ4n) is 1.14. The van der Waals surface area contributed by atoms with Crippen LogP contribution in [0.15, 0.2) is 12.1 Å². The summed E-state index contributed by atoms with van der Waals surface area (Å²) in [6.45, 7) is 0. The number of carbonyl (C=O) groups is 2. The Morgan fingerprint density at radius 2 is 1.50 bits per heavy atom. The van der Waals surface area contributed by atoms with Crippen LogP contribution < -0.4 is 0 Å². The van der Waals surface area contributed by atoms with Crippen LogP contribution in [0.25, 0.3) is 0 Å². The summed E-state index contributed by atoms with van der Waals surface area (Å²) in [6, 6.07) is 1.05. The molecular formula is C9H5F3O4. The summed E-state index contributed by atoms with van der Waals surface area (Å²) in [5, 5.41) is 17.0. The number of carboxylic acids is 2. The summed E-state index contributed by atoms with van der Waals surface area (Å²) in [6.07, 6.45) is 0. The summed E-state index contributed by atoms with van der Waals surface area (Å²) < 4.78 is 38.3. The highest BCUT2D eigenvalue weighted by Gasteiger charge is 2.32. The van der Waals surface area contributed by atoms with Gasteiger partial charge in [-0.15, -0.1) is 0 Å². The highest BCUT2D eigenvalue weighted by Crippen LogP contribution is 2.23. The van der Waals surface area contributed by atoms with Gasteiger partial charge in [0.05, 0.1) is 0 Å². The van der Waals surface area contributed by atoms with E-state index in [1.807, 2.05) is 0 Å². The molecule has 0 unspecified atom stereocenters. The highest BCUT2D eigenvalue weighted by molar-refractivity contribution is 5.99. The van der Waals surface area contributed by atoms with Crippen molar-refractivity contribution >= 4 is 11.9 Å². The van der Waals surface area contributed by atoms with E-state index in [0.29, 0.717) is 12.1 Å². The Bertz CT molecular complexity index is 444. The van der Waals surface area contributed by atoms with Gasteiger partial charge < -0.3 is 10.2 Å². The largest absolute Gasteiger partial charge is 0.480 e. The van der Waals surface area contributed by atoms with E-state index in [9.17, 15) is 22.8 Å². The van der Waals surface area contributed by atoms with Gasteiger partial charge in [-0.2, -0.15) is 0 Å². The van der Waals surface area contributed by atoms with E-state index in [0.717, 1.165) is 0 Å². The molecule has 0 aliphatic rings. The van der Waals surface area contributed by atoms with Crippen LogP contribution in [0, 0.1) is 17.5 Å². The van der Waals surface area contributed by atoms with Crippen LogP contribution >= 0.6 is 0 Å². The van der Waals surface area contributed by atoms with Crippen LogP contribution in [0.4, 0.5) is 13.2 Å². The van der Waals surface area contributed by atoms with Crippen LogP contribution in [0.3, 0.4) is 0 Å². The molecule has 2 N–H and O–H groups in total. The lowest BCUT2D eigenvalue weighted by Crippen LogP contribution is -2.22. The van der Waals surface area contributed by atoms with Crippen molar-refractivity contribution in [2.75, 3.05) is 0 Å². The average Bonchev–Trinajstić information content (AvgIpc) is 2.17. The molecule has 16 heavy (non-hydrogen) atoms. The van der Waals surface area contributed by atoms with Gasteiger partial charge in [-0.3, -0.25) is 9.59 Å². The third kappa shape index (κ3) is 1.97. The highest BCUT2D eigenvalue weighted by atomic mass is 19.2. The van der Waals surface area contributed by atoms with E-state index >= 15 is 0 Å². The molecule has 0 aliphatic heterocycles. The molecule has 1 rings (SSSR count). The first-order valence-corrected chi connectivity index (χ1v) is 3.95. The Labute approximate surface area is 86.9 Å². The molecule has 7 heteroatoms. The van der Waals surface area contributed by atoms with E-state index in [1.165, 1.54) is 0 Å². The van der Waals surface area contributed by atoms with Crippen LogP contribution in [-0.4, -0.2) is 22.2 Å². The molecular weight excluding hydrogens is 229 g/mol. The molecule has 0 bridgehead atoms. The first kappa shape index (κ1) is 12.0. The second-order valence-corrected chi connectivity index (χ2v) is 2.87. The molecule has 0 radical (unpaired) electrons. The van der Waals surface area contributed by atoms with Crippen LogP contribution in [0.2, 0.25) is 0 Å². The smallest absolute Gasteiger partial charge is 0.322 e. The molecule has 0 aliphatic carbocycles.